The first-order valence-electron chi connectivity index (χ1n) is 13.7. The van der Waals surface area contributed by atoms with Gasteiger partial charge in [0.2, 0.25) is 5.91 Å². The van der Waals surface area contributed by atoms with Gasteiger partial charge in [-0.2, -0.15) is 0 Å². The summed E-state index contributed by atoms with van der Waals surface area (Å²) >= 11 is 0. The fraction of sp³-hybridized carbons (Fsp3) is 0.667. The van der Waals surface area contributed by atoms with Crippen LogP contribution in [0.2, 0.25) is 0 Å². The van der Waals surface area contributed by atoms with Crippen LogP contribution in [-0.2, 0) is 4.79 Å². The fourth-order valence-electron chi connectivity index (χ4n) is 6.64. The number of aromatic nitrogens is 2. The largest absolute Gasteiger partial charge is 0.390 e. The number of carbonyl (C=O) groups excluding carboxylic acids is 2. The van der Waals surface area contributed by atoms with Crippen LogP contribution in [0.1, 0.15) is 52.5 Å². The second-order valence-corrected chi connectivity index (χ2v) is 11.2. The molecular weight excluding hydrogens is 472 g/mol. The summed E-state index contributed by atoms with van der Waals surface area (Å²) in [5, 5.41) is 14.0. The van der Waals surface area contributed by atoms with E-state index < -0.39 is 6.10 Å². The fourth-order valence-corrected chi connectivity index (χ4v) is 6.64. The number of hydrogen-bond donors (Lipinski definition) is 2. The van der Waals surface area contributed by atoms with Crippen molar-refractivity contribution in [2.24, 2.45) is 0 Å². The minimum atomic E-state index is -0.446. The van der Waals surface area contributed by atoms with Crippen LogP contribution in [0.25, 0.3) is 11.0 Å². The molecule has 1 aromatic heterocycles. The molecule has 0 saturated carbocycles. The number of benzene rings is 1. The van der Waals surface area contributed by atoms with Gasteiger partial charge in [0.15, 0.2) is 0 Å². The molecule has 0 spiro atoms. The van der Waals surface area contributed by atoms with Gasteiger partial charge in [0.25, 0.3) is 0 Å². The summed E-state index contributed by atoms with van der Waals surface area (Å²) in [7, 11) is 0. The van der Waals surface area contributed by atoms with Gasteiger partial charge in [-0.15, -0.1) is 0 Å². The summed E-state index contributed by atoms with van der Waals surface area (Å²) in [5.41, 5.74) is 1.09. The number of aliphatic hydroxyl groups is 1. The van der Waals surface area contributed by atoms with Crippen LogP contribution in [0.15, 0.2) is 29.1 Å². The van der Waals surface area contributed by atoms with Gasteiger partial charge in [-0.3, -0.25) is 19.2 Å². The second kappa shape index (κ2) is 10.6. The summed E-state index contributed by atoms with van der Waals surface area (Å²) in [6.45, 7) is 9.78. The van der Waals surface area contributed by atoms with Gasteiger partial charge >= 0.3 is 11.7 Å². The maximum absolute atomic E-state index is 13.3. The van der Waals surface area contributed by atoms with Crippen LogP contribution in [0.4, 0.5) is 4.79 Å². The lowest BCUT2D eigenvalue weighted by atomic mass is 9.97. The predicted octanol–water partition coefficient (Wildman–Crippen LogP) is 1.46. The van der Waals surface area contributed by atoms with Crippen LogP contribution in [-0.4, -0.2) is 104 Å². The number of fused-ring (bicyclic) bond motifs is 3. The number of rotatable bonds is 6. The Kier molecular flexibility index (Phi) is 7.42. The summed E-state index contributed by atoms with van der Waals surface area (Å²) in [4.78, 5) is 44.5. The third-order valence-corrected chi connectivity index (χ3v) is 8.42. The number of β-amino-alcohol motifs (C(OH)–C–C–N with tert-alkyl or cyclic N) is 1. The topological polar surface area (TPSA) is 103 Å². The summed E-state index contributed by atoms with van der Waals surface area (Å²) < 4.78 is 2.95. The second-order valence-electron chi connectivity index (χ2n) is 11.2. The minimum absolute atomic E-state index is 0.00566. The number of carbonyl (C=O) groups is 2. The van der Waals surface area contributed by atoms with Crippen molar-refractivity contribution in [3.05, 3.63) is 34.7 Å². The Labute approximate surface area is 217 Å². The molecule has 1 aromatic carbocycles. The van der Waals surface area contributed by atoms with Crippen LogP contribution in [0.5, 0.6) is 0 Å². The highest BCUT2D eigenvalue weighted by atomic mass is 16.3. The third kappa shape index (κ3) is 5.19. The van der Waals surface area contributed by atoms with E-state index >= 15 is 0 Å². The molecule has 3 saturated heterocycles. The van der Waals surface area contributed by atoms with Crippen molar-refractivity contribution in [3.63, 3.8) is 0 Å². The Morgan fingerprint density at radius 1 is 1.00 bits per heavy atom. The molecule has 4 atom stereocenters. The summed E-state index contributed by atoms with van der Waals surface area (Å²) in [6.07, 6.45) is 3.33. The zero-order valence-corrected chi connectivity index (χ0v) is 22.2. The highest BCUT2D eigenvalue weighted by molar-refractivity contribution is 5.89. The Balaban J connectivity index is 1.19. The predicted molar refractivity (Wildman–Crippen MR) is 142 cm³/mol. The van der Waals surface area contributed by atoms with E-state index in [9.17, 15) is 19.5 Å². The smallest absolute Gasteiger partial charge is 0.337 e. The Bertz CT molecular complexity index is 1180. The molecule has 2 aromatic rings. The molecule has 10 nitrogen and oxygen atoms in total. The number of aliphatic hydroxyl groups excluding tert-OH is 1. The SMILES string of the molecule is CC(=O)N1CCN(C[C@H](O)CN2[C@@H]3CC[C@H]2C[C@H](NC(=O)n2c(=O)n(C(C)C)c4ccccc42)C3)CC1. The number of nitrogens with zero attached hydrogens (tertiary/aromatic N) is 5. The maximum atomic E-state index is 13.3. The minimum Gasteiger partial charge on any atom is -0.390 e. The molecule has 3 aliphatic rings. The van der Waals surface area contributed by atoms with Gasteiger partial charge in [-0.1, -0.05) is 12.1 Å². The molecule has 202 valence electrons. The van der Waals surface area contributed by atoms with Crippen molar-refractivity contribution in [1.29, 1.82) is 0 Å². The zero-order valence-electron chi connectivity index (χ0n) is 22.2. The molecule has 3 fully saturated rings. The average molecular weight is 513 g/mol. The van der Waals surface area contributed by atoms with Crippen LogP contribution < -0.4 is 11.0 Å². The summed E-state index contributed by atoms with van der Waals surface area (Å²) in [5.74, 6) is 0.113. The molecule has 0 unspecified atom stereocenters. The third-order valence-electron chi connectivity index (χ3n) is 8.42. The van der Waals surface area contributed by atoms with Crippen LogP contribution in [0, 0.1) is 0 Å². The van der Waals surface area contributed by atoms with Crippen LogP contribution in [0.3, 0.4) is 0 Å². The maximum Gasteiger partial charge on any atom is 0.337 e. The van der Waals surface area contributed by atoms with Crippen molar-refractivity contribution in [1.82, 2.24) is 29.2 Å². The Morgan fingerprint density at radius 3 is 2.22 bits per heavy atom. The first-order valence-corrected chi connectivity index (χ1v) is 13.7. The van der Waals surface area contributed by atoms with E-state index in [1.54, 1.807) is 11.5 Å². The van der Waals surface area contributed by atoms with Crippen molar-refractivity contribution < 1.29 is 14.7 Å². The number of piperazine rings is 1. The van der Waals surface area contributed by atoms with Gasteiger partial charge in [0, 0.05) is 70.4 Å². The van der Waals surface area contributed by atoms with Crippen LogP contribution >= 0.6 is 0 Å². The number of para-hydroxylation sites is 2. The Morgan fingerprint density at radius 2 is 1.62 bits per heavy atom. The molecular formula is C27H40N6O4. The molecule has 3 aliphatic heterocycles. The molecule has 2 bridgehead atoms. The molecule has 0 radical (unpaired) electrons. The number of imidazole rings is 1. The molecule has 2 amide bonds. The van der Waals surface area contributed by atoms with E-state index in [-0.39, 0.29) is 29.7 Å². The molecule has 37 heavy (non-hydrogen) atoms. The number of amides is 2. The van der Waals surface area contributed by atoms with E-state index in [1.165, 1.54) is 4.57 Å². The van der Waals surface area contributed by atoms with Crippen molar-refractivity contribution in [2.45, 2.75) is 76.7 Å². The van der Waals surface area contributed by atoms with Gasteiger partial charge in [0.1, 0.15) is 0 Å². The standard InChI is InChI=1S/C27H40N6O4/c1-18(2)32-24-6-4-5-7-25(24)33(27(32)37)26(36)28-20-14-21-8-9-22(15-20)31(21)17-23(35)16-29-10-12-30(13-11-29)19(3)34/h4-7,18,20-23,35H,8-17H2,1-3H3,(H,28,36)/t20-,21-,22+,23-/m0/s1. The monoisotopic (exact) mass is 512 g/mol. The lowest BCUT2D eigenvalue weighted by Gasteiger charge is -2.41. The molecule has 2 N–H and O–H groups in total. The average Bonchev–Trinajstić information content (AvgIpc) is 3.27. The lowest BCUT2D eigenvalue weighted by molar-refractivity contribution is -0.130. The van der Waals surface area contributed by atoms with E-state index in [2.05, 4.69) is 15.1 Å². The van der Waals surface area contributed by atoms with Gasteiger partial charge < -0.3 is 15.3 Å². The number of hydrogen-bond acceptors (Lipinski definition) is 6. The zero-order chi connectivity index (χ0) is 26.3. The molecule has 5 rings (SSSR count). The lowest BCUT2D eigenvalue weighted by Crippen LogP contribution is -2.55. The van der Waals surface area contributed by atoms with Crippen molar-refractivity contribution in [2.75, 3.05) is 39.3 Å². The Hall–Kier alpha value is -2.69. The number of piperidine rings is 1. The van der Waals surface area contributed by atoms with Crippen molar-refractivity contribution in [3.8, 4) is 0 Å². The van der Waals surface area contributed by atoms with Gasteiger partial charge in [-0.05, 0) is 51.7 Å². The van der Waals surface area contributed by atoms with E-state index in [1.807, 2.05) is 43.0 Å². The summed E-state index contributed by atoms with van der Waals surface area (Å²) in [6, 6.07) is 7.69. The molecule has 4 heterocycles. The van der Waals surface area contributed by atoms with Gasteiger partial charge in [0.05, 0.1) is 17.1 Å². The quantitative estimate of drug-likeness (QED) is 0.608. The molecule has 0 aliphatic carbocycles. The van der Waals surface area contributed by atoms with Gasteiger partial charge in [-0.25, -0.2) is 14.2 Å². The van der Waals surface area contributed by atoms with E-state index in [0.29, 0.717) is 30.7 Å². The molecule has 10 heteroatoms. The van der Waals surface area contributed by atoms with Crippen molar-refractivity contribution >= 4 is 23.0 Å². The highest BCUT2D eigenvalue weighted by Crippen LogP contribution is 2.36. The first kappa shape index (κ1) is 25.9. The van der Waals surface area contributed by atoms with E-state index in [4.69, 9.17) is 0 Å². The normalized spacial score (nSPS) is 25.6. The number of nitrogens with one attached hydrogen (secondary N) is 1. The first-order chi connectivity index (χ1) is 17.7. The highest BCUT2D eigenvalue weighted by Gasteiger charge is 2.42. The van der Waals surface area contributed by atoms with E-state index in [0.717, 1.165) is 57.4 Å².